The summed E-state index contributed by atoms with van der Waals surface area (Å²) in [5, 5.41) is 11.0. The average Bonchev–Trinajstić information content (AvgIpc) is 2.37. The van der Waals surface area contributed by atoms with Crippen LogP contribution >= 0.6 is 0 Å². The minimum Gasteiger partial charge on any atom is -0.396 e. The zero-order valence-corrected chi connectivity index (χ0v) is 8.54. The van der Waals surface area contributed by atoms with Gasteiger partial charge in [0.2, 0.25) is 0 Å². The number of amides is 3. The summed E-state index contributed by atoms with van der Waals surface area (Å²) in [6.45, 7) is 4.05. The normalized spacial score (nSPS) is 26.9. The molecule has 1 aliphatic rings. The first kappa shape index (κ1) is 11.0. The molecule has 2 N–H and O–H groups in total. The van der Waals surface area contributed by atoms with E-state index in [1.54, 1.807) is 6.92 Å². The highest BCUT2D eigenvalue weighted by Crippen LogP contribution is 2.24. The molecule has 0 bridgehead atoms. The van der Waals surface area contributed by atoms with E-state index in [4.69, 9.17) is 5.11 Å². The van der Waals surface area contributed by atoms with Crippen LogP contribution in [0.4, 0.5) is 4.79 Å². The second-order valence-electron chi connectivity index (χ2n) is 3.62. The lowest BCUT2D eigenvalue weighted by Gasteiger charge is -2.30. The Morgan fingerprint density at radius 1 is 1.50 bits per heavy atom. The lowest BCUT2D eigenvalue weighted by atomic mass is 9.97. The predicted octanol–water partition coefficient (Wildman–Crippen LogP) is 0.0893. The van der Waals surface area contributed by atoms with E-state index in [9.17, 15) is 9.59 Å². The van der Waals surface area contributed by atoms with Gasteiger partial charge in [-0.3, -0.25) is 10.1 Å². The summed E-state index contributed by atoms with van der Waals surface area (Å²) in [6.07, 6.45) is 1.08. The molecule has 14 heavy (non-hydrogen) atoms. The maximum atomic E-state index is 11.5. The predicted molar refractivity (Wildman–Crippen MR) is 50.6 cm³/mol. The molecule has 0 spiro atoms. The van der Waals surface area contributed by atoms with Crippen LogP contribution in [0.25, 0.3) is 0 Å². The summed E-state index contributed by atoms with van der Waals surface area (Å²) in [7, 11) is 0. The van der Waals surface area contributed by atoms with Gasteiger partial charge in [0.15, 0.2) is 0 Å². The largest absolute Gasteiger partial charge is 0.396 e. The fourth-order valence-corrected chi connectivity index (χ4v) is 1.57. The highest BCUT2D eigenvalue weighted by molar-refractivity contribution is 6.06. The molecule has 1 unspecified atom stereocenters. The fraction of sp³-hybridized carbons (Fsp3) is 0.778. The Labute approximate surface area is 83.1 Å². The first-order chi connectivity index (χ1) is 6.56. The van der Waals surface area contributed by atoms with Gasteiger partial charge in [0.25, 0.3) is 5.91 Å². The fourth-order valence-electron chi connectivity index (χ4n) is 1.57. The molecule has 0 aromatic carbocycles. The summed E-state index contributed by atoms with van der Waals surface area (Å²) in [6, 6.07) is -0.354. The van der Waals surface area contributed by atoms with E-state index in [2.05, 4.69) is 5.32 Å². The number of urea groups is 1. The molecule has 1 heterocycles. The Kier molecular flexibility index (Phi) is 3.10. The minimum atomic E-state index is -0.744. The molecule has 1 atom stereocenters. The summed E-state index contributed by atoms with van der Waals surface area (Å²) < 4.78 is 0. The van der Waals surface area contributed by atoms with Crippen LogP contribution in [-0.4, -0.2) is 40.6 Å². The zero-order valence-electron chi connectivity index (χ0n) is 8.54. The van der Waals surface area contributed by atoms with Crippen LogP contribution < -0.4 is 5.32 Å². The standard InChI is InChI=1S/C9H16N2O3/c1-3-9(2)7(13)10-8(14)11(9)5-4-6-12/h12H,3-6H2,1-2H3,(H,10,13,14). The van der Waals surface area contributed by atoms with E-state index >= 15 is 0 Å². The Morgan fingerprint density at radius 3 is 2.64 bits per heavy atom. The smallest absolute Gasteiger partial charge is 0.325 e. The van der Waals surface area contributed by atoms with Crippen LogP contribution in [0.1, 0.15) is 26.7 Å². The maximum Gasteiger partial charge on any atom is 0.325 e. The zero-order chi connectivity index (χ0) is 10.8. The molecule has 1 fully saturated rings. The summed E-state index contributed by atoms with van der Waals surface area (Å²) in [4.78, 5) is 24.3. The SMILES string of the molecule is CCC1(C)C(=O)NC(=O)N1CCCO. The molecular weight excluding hydrogens is 184 g/mol. The Hall–Kier alpha value is -1.10. The first-order valence-corrected chi connectivity index (χ1v) is 4.80. The summed E-state index contributed by atoms with van der Waals surface area (Å²) >= 11 is 0. The molecule has 0 radical (unpaired) electrons. The van der Waals surface area contributed by atoms with Crippen LogP contribution in [0.15, 0.2) is 0 Å². The maximum absolute atomic E-state index is 11.5. The van der Waals surface area contributed by atoms with Crippen molar-refractivity contribution in [2.45, 2.75) is 32.2 Å². The summed E-state index contributed by atoms with van der Waals surface area (Å²) in [5.74, 6) is -0.247. The second kappa shape index (κ2) is 3.96. The molecule has 0 aliphatic carbocycles. The minimum absolute atomic E-state index is 0.0256. The molecule has 5 nitrogen and oxygen atoms in total. The Morgan fingerprint density at radius 2 is 2.14 bits per heavy atom. The van der Waals surface area contributed by atoms with Crippen LogP contribution in [-0.2, 0) is 4.79 Å². The van der Waals surface area contributed by atoms with Crippen molar-refractivity contribution in [1.82, 2.24) is 10.2 Å². The number of rotatable bonds is 4. The van der Waals surface area contributed by atoms with Gasteiger partial charge in [-0.2, -0.15) is 0 Å². The number of nitrogens with one attached hydrogen (secondary N) is 1. The number of imide groups is 1. The van der Waals surface area contributed by atoms with E-state index < -0.39 is 5.54 Å². The lowest BCUT2D eigenvalue weighted by molar-refractivity contribution is -0.126. The van der Waals surface area contributed by atoms with Crippen molar-refractivity contribution in [3.63, 3.8) is 0 Å². The van der Waals surface area contributed by atoms with Crippen LogP contribution in [0.5, 0.6) is 0 Å². The number of carbonyl (C=O) groups excluding carboxylic acids is 2. The van der Waals surface area contributed by atoms with E-state index in [1.807, 2.05) is 6.92 Å². The van der Waals surface area contributed by atoms with Gasteiger partial charge in [-0.1, -0.05) is 6.92 Å². The van der Waals surface area contributed by atoms with E-state index in [1.165, 1.54) is 4.90 Å². The third-order valence-corrected chi connectivity index (χ3v) is 2.78. The second-order valence-corrected chi connectivity index (χ2v) is 3.62. The van der Waals surface area contributed by atoms with E-state index in [0.717, 1.165) is 0 Å². The molecule has 0 saturated carbocycles. The molecule has 0 aromatic rings. The van der Waals surface area contributed by atoms with Gasteiger partial charge in [-0.25, -0.2) is 4.79 Å². The van der Waals surface area contributed by atoms with Crippen molar-refractivity contribution in [1.29, 1.82) is 0 Å². The Bertz CT molecular complexity index is 254. The van der Waals surface area contributed by atoms with Gasteiger partial charge in [0.1, 0.15) is 5.54 Å². The molecule has 1 aliphatic heterocycles. The van der Waals surface area contributed by atoms with Crippen molar-refractivity contribution >= 4 is 11.9 Å². The quantitative estimate of drug-likeness (QED) is 0.632. The average molecular weight is 200 g/mol. The van der Waals surface area contributed by atoms with Crippen molar-refractivity contribution in [3.8, 4) is 0 Å². The van der Waals surface area contributed by atoms with Crippen molar-refractivity contribution < 1.29 is 14.7 Å². The van der Waals surface area contributed by atoms with Gasteiger partial charge in [0, 0.05) is 13.2 Å². The van der Waals surface area contributed by atoms with Crippen molar-refractivity contribution in [3.05, 3.63) is 0 Å². The molecule has 5 heteroatoms. The lowest BCUT2D eigenvalue weighted by Crippen LogP contribution is -2.47. The number of hydrogen-bond acceptors (Lipinski definition) is 3. The molecule has 1 saturated heterocycles. The van der Waals surface area contributed by atoms with Crippen LogP contribution in [0.2, 0.25) is 0 Å². The number of aliphatic hydroxyl groups is 1. The molecule has 3 amide bonds. The van der Waals surface area contributed by atoms with Crippen molar-refractivity contribution in [2.24, 2.45) is 0 Å². The third kappa shape index (κ3) is 1.59. The molecule has 80 valence electrons. The highest BCUT2D eigenvalue weighted by atomic mass is 16.3. The number of hydrogen-bond donors (Lipinski definition) is 2. The van der Waals surface area contributed by atoms with Crippen molar-refractivity contribution in [2.75, 3.05) is 13.2 Å². The molecule has 1 rings (SSSR count). The monoisotopic (exact) mass is 200 g/mol. The van der Waals surface area contributed by atoms with Crippen LogP contribution in [0, 0.1) is 0 Å². The van der Waals surface area contributed by atoms with E-state index in [0.29, 0.717) is 19.4 Å². The summed E-state index contributed by atoms with van der Waals surface area (Å²) in [5.41, 5.74) is -0.744. The highest BCUT2D eigenvalue weighted by Gasteiger charge is 2.47. The number of aliphatic hydroxyl groups excluding tert-OH is 1. The van der Waals surface area contributed by atoms with Crippen LogP contribution in [0.3, 0.4) is 0 Å². The first-order valence-electron chi connectivity index (χ1n) is 4.80. The third-order valence-electron chi connectivity index (χ3n) is 2.78. The van der Waals surface area contributed by atoms with Gasteiger partial charge >= 0.3 is 6.03 Å². The Balaban J connectivity index is 2.78. The van der Waals surface area contributed by atoms with Gasteiger partial charge < -0.3 is 10.0 Å². The van der Waals surface area contributed by atoms with E-state index in [-0.39, 0.29) is 18.5 Å². The van der Waals surface area contributed by atoms with Gasteiger partial charge in [-0.15, -0.1) is 0 Å². The number of nitrogens with zero attached hydrogens (tertiary/aromatic N) is 1. The van der Waals surface area contributed by atoms with Gasteiger partial charge in [-0.05, 0) is 19.8 Å². The number of carbonyl (C=O) groups is 2. The molecule has 0 aromatic heterocycles. The topological polar surface area (TPSA) is 69.6 Å². The van der Waals surface area contributed by atoms with Gasteiger partial charge in [0.05, 0.1) is 0 Å². The molecular formula is C9H16N2O3.